The van der Waals surface area contributed by atoms with Crippen molar-refractivity contribution in [2.45, 2.75) is 38.5 Å². The Morgan fingerprint density at radius 2 is 1.58 bits per heavy atom. The fraction of sp³-hybridized carbons (Fsp3) is 1.00. The van der Waals surface area contributed by atoms with E-state index < -0.39 is 0 Å². The zero-order chi connectivity index (χ0) is 9.07. The van der Waals surface area contributed by atoms with Gasteiger partial charge in [-0.05, 0) is 18.4 Å². The second-order valence-electron chi connectivity index (χ2n) is 2.80. The van der Waals surface area contributed by atoms with Gasteiger partial charge < -0.3 is 5.11 Å². The molecule has 70 valence electrons. The van der Waals surface area contributed by atoms with Crippen molar-refractivity contribution in [1.29, 1.82) is 0 Å². The maximum absolute atomic E-state index is 8.48. The summed E-state index contributed by atoms with van der Waals surface area (Å²) in [4.78, 5) is 2.67. The van der Waals surface area contributed by atoms with Crippen molar-refractivity contribution in [1.82, 2.24) is 0 Å². The van der Waals surface area contributed by atoms with E-state index in [1.54, 1.807) is 0 Å². The fourth-order valence-corrected chi connectivity index (χ4v) is 1.05. The molecule has 0 bridgehead atoms. The molecule has 4 nitrogen and oxygen atoms in total. The average molecular weight is 171 g/mol. The summed E-state index contributed by atoms with van der Waals surface area (Å²) in [7, 11) is 0. The van der Waals surface area contributed by atoms with Crippen LogP contribution in [0.25, 0.3) is 10.4 Å². The van der Waals surface area contributed by atoms with Gasteiger partial charge in [-0.1, -0.05) is 30.8 Å². The topological polar surface area (TPSA) is 69.0 Å². The molecule has 4 heteroatoms. The molecule has 0 radical (unpaired) electrons. The van der Waals surface area contributed by atoms with Gasteiger partial charge in [0.05, 0.1) is 0 Å². The first-order valence-corrected chi connectivity index (χ1v) is 4.53. The SMILES string of the molecule is [N-]=[N+]=NCCCCCCCCO. The first-order chi connectivity index (χ1) is 5.91. The summed E-state index contributed by atoms with van der Waals surface area (Å²) in [5.74, 6) is 0. The summed E-state index contributed by atoms with van der Waals surface area (Å²) in [5.41, 5.74) is 7.97. The lowest BCUT2D eigenvalue weighted by molar-refractivity contribution is 0.282. The zero-order valence-electron chi connectivity index (χ0n) is 7.45. The minimum Gasteiger partial charge on any atom is -0.396 e. The normalized spacial score (nSPS) is 9.42. The van der Waals surface area contributed by atoms with Crippen LogP contribution in [0.2, 0.25) is 0 Å². The lowest BCUT2D eigenvalue weighted by Crippen LogP contribution is -1.84. The molecule has 0 aliphatic carbocycles. The van der Waals surface area contributed by atoms with Gasteiger partial charge in [-0.3, -0.25) is 0 Å². The van der Waals surface area contributed by atoms with Gasteiger partial charge in [-0.2, -0.15) is 0 Å². The molecule has 0 saturated heterocycles. The highest BCUT2D eigenvalue weighted by atomic mass is 16.2. The van der Waals surface area contributed by atoms with Crippen LogP contribution in [0.1, 0.15) is 38.5 Å². The van der Waals surface area contributed by atoms with Crippen molar-refractivity contribution in [3.05, 3.63) is 10.4 Å². The minimum absolute atomic E-state index is 0.304. The molecule has 0 atom stereocenters. The van der Waals surface area contributed by atoms with Crippen LogP contribution in [0.15, 0.2) is 5.11 Å². The van der Waals surface area contributed by atoms with E-state index in [0.717, 1.165) is 25.7 Å². The molecular formula is C8H17N3O. The number of rotatable bonds is 8. The summed E-state index contributed by atoms with van der Waals surface area (Å²) in [6.45, 7) is 0.926. The third-order valence-corrected chi connectivity index (χ3v) is 1.73. The van der Waals surface area contributed by atoms with Crippen molar-refractivity contribution in [2.24, 2.45) is 5.11 Å². The minimum atomic E-state index is 0.304. The van der Waals surface area contributed by atoms with E-state index in [0.29, 0.717) is 13.2 Å². The predicted molar refractivity (Wildman–Crippen MR) is 48.8 cm³/mol. The van der Waals surface area contributed by atoms with Crippen LogP contribution in [0.4, 0.5) is 0 Å². The molecule has 0 unspecified atom stereocenters. The van der Waals surface area contributed by atoms with Gasteiger partial charge in [0.15, 0.2) is 0 Å². The third-order valence-electron chi connectivity index (χ3n) is 1.73. The van der Waals surface area contributed by atoms with E-state index >= 15 is 0 Å². The van der Waals surface area contributed by atoms with E-state index in [9.17, 15) is 0 Å². The molecule has 0 amide bonds. The first kappa shape index (κ1) is 11.3. The van der Waals surface area contributed by atoms with Crippen molar-refractivity contribution >= 4 is 0 Å². The summed E-state index contributed by atoms with van der Waals surface area (Å²) in [6.07, 6.45) is 6.50. The van der Waals surface area contributed by atoms with Gasteiger partial charge in [0.25, 0.3) is 0 Å². The molecule has 0 spiro atoms. The quantitative estimate of drug-likeness (QED) is 0.259. The lowest BCUT2D eigenvalue weighted by atomic mass is 10.1. The number of unbranched alkanes of at least 4 members (excludes halogenated alkanes) is 5. The molecule has 1 N–H and O–H groups in total. The number of aliphatic hydroxyl groups excluding tert-OH is 1. The zero-order valence-corrected chi connectivity index (χ0v) is 7.45. The van der Waals surface area contributed by atoms with Crippen molar-refractivity contribution in [3.8, 4) is 0 Å². The van der Waals surface area contributed by atoms with Crippen LogP contribution >= 0.6 is 0 Å². The van der Waals surface area contributed by atoms with Gasteiger partial charge in [0, 0.05) is 18.1 Å². The molecule has 0 rings (SSSR count). The highest BCUT2D eigenvalue weighted by Crippen LogP contribution is 2.04. The summed E-state index contributed by atoms with van der Waals surface area (Å²) < 4.78 is 0. The van der Waals surface area contributed by atoms with Gasteiger partial charge in [0.1, 0.15) is 0 Å². The maximum atomic E-state index is 8.48. The van der Waals surface area contributed by atoms with Gasteiger partial charge in [0.2, 0.25) is 0 Å². The van der Waals surface area contributed by atoms with Crippen LogP contribution in [0.3, 0.4) is 0 Å². The average Bonchev–Trinajstić information content (AvgIpc) is 2.10. The Bertz CT molecular complexity index is 132. The Kier molecular flexibility index (Phi) is 9.65. The molecule has 0 aromatic heterocycles. The third kappa shape index (κ3) is 9.27. The molecule has 0 fully saturated rings. The molecule has 0 aliphatic heterocycles. The second-order valence-corrected chi connectivity index (χ2v) is 2.80. The van der Waals surface area contributed by atoms with Gasteiger partial charge in [-0.15, -0.1) is 0 Å². The Morgan fingerprint density at radius 3 is 2.17 bits per heavy atom. The summed E-state index contributed by atoms with van der Waals surface area (Å²) >= 11 is 0. The van der Waals surface area contributed by atoms with E-state index in [-0.39, 0.29) is 0 Å². The standard InChI is InChI=1S/C8H17N3O/c9-11-10-7-5-3-1-2-4-6-8-12/h12H,1-8H2. The second kappa shape index (κ2) is 10.3. The van der Waals surface area contributed by atoms with Crippen LogP contribution < -0.4 is 0 Å². The number of azide groups is 1. The molecule has 0 saturated carbocycles. The van der Waals surface area contributed by atoms with E-state index in [2.05, 4.69) is 10.0 Å². The molecule has 0 aromatic carbocycles. The van der Waals surface area contributed by atoms with Gasteiger partial charge >= 0.3 is 0 Å². The molecular weight excluding hydrogens is 154 g/mol. The Hall–Kier alpha value is -0.730. The lowest BCUT2D eigenvalue weighted by Gasteiger charge is -1.97. The Balaban J connectivity index is 2.86. The number of hydrogen-bond donors (Lipinski definition) is 1. The van der Waals surface area contributed by atoms with Crippen LogP contribution in [0, 0.1) is 0 Å². The van der Waals surface area contributed by atoms with E-state index in [1.165, 1.54) is 12.8 Å². The van der Waals surface area contributed by atoms with Crippen molar-refractivity contribution in [3.63, 3.8) is 0 Å². The number of nitrogens with zero attached hydrogens (tertiary/aromatic N) is 3. The Labute approximate surface area is 73.2 Å². The van der Waals surface area contributed by atoms with E-state index in [1.807, 2.05) is 0 Å². The summed E-state index contributed by atoms with van der Waals surface area (Å²) in [6, 6.07) is 0. The largest absolute Gasteiger partial charge is 0.396 e. The Morgan fingerprint density at radius 1 is 1.00 bits per heavy atom. The van der Waals surface area contributed by atoms with E-state index in [4.69, 9.17) is 10.6 Å². The van der Waals surface area contributed by atoms with Crippen molar-refractivity contribution < 1.29 is 5.11 Å². The molecule has 0 heterocycles. The fourth-order valence-electron chi connectivity index (χ4n) is 1.05. The van der Waals surface area contributed by atoms with Crippen LogP contribution in [0.5, 0.6) is 0 Å². The van der Waals surface area contributed by atoms with Crippen LogP contribution in [-0.4, -0.2) is 18.3 Å². The molecule has 0 aliphatic rings. The number of hydrogen-bond acceptors (Lipinski definition) is 2. The number of aliphatic hydroxyl groups is 1. The smallest absolute Gasteiger partial charge is 0.0431 e. The van der Waals surface area contributed by atoms with Crippen LogP contribution in [-0.2, 0) is 0 Å². The molecule has 0 aromatic rings. The van der Waals surface area contributed by atoms with Crippen molar-refractivity contribution in [2.75, 3.05) is 13.2 Å². The first-order valence-electron chi connectivity index (χ1n) is 4.53. The van der Waals surface area contributed by atoms with Gasteiger partial charge in [-0.25, -0.2) is 0 Å². The maximum Gasteiger partial charge on any atom is 0.0431 e. The predicted octanol–water partition coefficient (Wildman–Crippen LogP) is 2.63. The highest BCUT2D eigenvalue weighted by molar-refractivity contribution is 4.49. The summed E-state index contributed by atoms with van der Waals surface area (Å²) in [5, 5.41) is 11.9. The molecule has 12 heavy (non-hydrogen) atoms. The monoisotopic (exact) mass is 171 g/mol. The highest BCUT2D eigenvalue weighted by Gasteiger charge is 1.89.